The lowest BCUT2D eigenvalue weighted by Gasteiger charge is -2.05. The Kier molecular flexibility index (Phi) is 3.39. The predicted octanol–water partition coefficient (Wildman–Crippen LogP) is 2.28. The average molecular weight is 232 g/mol. The van der Waals surface area contributed by atoms with Crippen LogP contribution in [0.3, 0.4) is 0 Å². The van der Waals surface area contributed by atoms with E-state index in [1.807, 2.05) is 25.1 Å². The highest BCUT2D eigenvalue weighted by Crippen LogP contribution is 2.20. The van der Waals surface area contributed by atoms with E-state index in [1.54, 1.807) is 0 Å². The smallest absolute Gasteiger partial charge is 0.197 e. The van der Waals surface area contributed by atoms with Gasteiger partial charge in [-0.05, 0) is 25.5 Å². The third-order valence-electron chi connectivity index (χ3n) is 2.39. The highest BCUT2D eigenvalue weighted by atomic mass is 16.3. The van der Waals surface area contributed by atoms with E-state index in [4.69, 9.17) is 10.3 Å². The summed E-state index contributed by atoms with van der Waals surface area (Å²) in [6.07, 6.45) is 1.92. The zero-order valence-electron chi connectivity index (χ0n) is 10.0. The van der Waals surface area contributed by atoms with E-state index in [0.717, 1.165) is 24.3 Å². The topological polar surface area (TPSA) is 77.0 Å². The van der Waals surface area contributed by atoms with Crippen molar-refractivity contribution >= 4 is 5.82 Å². The molecule has 0 aromatic carbocycles. The van der Waals surface area contributed by atoms with Crippen LogP contribution in [0, 0.1) is 6.92 Å². The quantitative estimate of drug-likeness (QED) is 0.624. The van der Waals surface area contributed by atoms with Gasteiger partial charge in [0.05, 0.1) is 0 Å². The van der Waals surface area contributed by atoms with Gasteiger partial charge in [-0.1, -0.05) is 13.3 Å². The molecule has 2 heterocycles. The third-order valence-corrected chi connectivity index (χ3v) is 2.39. The van der Waals surface area contributed by atoms with Crippen molar-refractivity contribution in [3.63, 3.8) is 0 Å². The molecule has 17 heavy (non-hydrogen) atoms. The molecule has 0 radical (unpaired) electrons. The second kappa shape index (κ2) is 4.97. The van der Waals surface area contributed by atoms with Crippen LogP contribution >= 0.6 is 0 Å². The third kappa shape index (κ3) is 2.62. The summed E-state index contributed by atoms with van der Waals surface area (Å²) in [5.74, 6) is 8.07. The molecule has 2 aromatic rings. The van der Waals surface area contributed by atoms with Gasteiger partial charge in [0.15, 0.2) is 11.6 Å². The first-order valence-electron chi connectivity index (χ1n) is 5.64. The minimum atomic E-state index is 0.567. The molecule has 0 saturated heterocycles. The first kappa shape index (κ1) is 11.6. The number of nitrogen functional groups attached to an aromatic ring is 1. The number of anilines is 1. The van der Waals surface area contributed by atoms with Gasteiger partial charge >= 0.3 is 0 Å². The van der Waals surface area contributed by atoms with E-state index in [-0.39, 0.29) is 0 Å². The summed E-state index contributed by atoms with van der Waals surface area (Å²) in [7, 11) is 0. The molecule has 0 aliphatic rings. The lowest BCUT2D eigenvalue weighted by Crippen LogP contribution is -2.10. The van der Waals surface area contributed by atoms with E-state index in [1.165, 1.54) is 0 Å². The number of nitrogens with zero attached hydrogens (tertiary/aromatic N) is 2. The summed E-state index contributed by atoms with van der Waals surface area (Å²) in [5, 5.41) is 0. The number of aryl methyl sites for hydroxylation is 2. The molecule has 0 aliphatic heterocycles. The SMILES string of the molecule is CCCc1cc(NN)nc(-c2ccc(C)o2)n1. The van der Waals surface area contributed by atoms with Crippen molar-refractivity contribution in [2.75, 3.05) is 5.43 Å². The molecule has 2 aromatic heterocycles. The second-order valence-corrected chi connectivity index (χ2v) is 3.87. The first-order valence-corrected chi connectivity index (χ1v) is 5.64. The monoisotopic (exact) mass is 232 g/mol. The van der Waals surface area contributed by atoms with Crippen LogP contribution in [-0.4, -0.2) is 9.97 Å². The number of nitrogens with two attached hydrogens (primary N) is 1. The number of hydrogen-bond donors (Lipinski definition) is 2. The van der Waals surface area contributed by atoms with Crippen molar-refractivity contribution in [2.24, 2.45) is 5.84 Å². The van der Waals surface area contributed by atoms with Crippen LogP contribution in [0.4, 0.5) is 5.82 Å². The van der Waals surface area contributed by atoms with E-state index in [0.29, 0.717) is 17.4 Å². The number of rotatable bonds is 4. The van der Waals surface area contributed by atoms with E-state index in [9.17, 15) is 0 Å². The van der Waals surface area contributed by atoms with Gasteiger partial charge in [-0.2, -0.15) is 0 Å². The second-order valence-electron chi connectivity index (χ2n) is 3.87. The summed E-state index contributed by atoms with van der Waals surface area (Å²) < 4.78 is 5.51. The Labute approximate surface area is 100 Å². The molecule has 3 N–H and O–H groups in total. The predicted molar refractivity (Wildman–Crippen MR) is 66.3 cm³/mol. The summed E-state index contributed by atoms with van der Waals surface area (Å²) in [6.45, 7) is 4.00. The number of hydrogen-bond acceptors (Lipinski definition) is 5. The molecule has 0 amide bonds. The fraction of sp³-hybridized carbons (Fsp3) is 0.333. The maximum atomic E-state index is 5.51. The van der Waals surface area contributed by atoms with Crippen LogP contribution in [0.1, 0.15) is 24.8 Å². The Morgan fingerprint density at radius 2 is 2.18 bits per heavy atom. The maximum absolute atomic E-state index is 5.51. The molecular weight excluding hydrogens is 216 g/mol. The summed E-state index contributed by atoms with van der Waals surface area (Å²) in [6, 6.07) is 5.60. The van der Waals surface area contributed by atoms with Gasteiger partial charge < -0.3 is 9.84 Å². The fourth-order valence-electron chi connectivity index (χ4n) is 1.62. The molecule has 0 atom stereocenters. The summed E-state index contributed by atoms with van der Waals surface area (Å²) in [4.78, 5) is 8.73. The van der Waals surface area contributed by atoms with Crippen molar-refractivity contribution in [1.29, 1.82) is 0 Å². The Hall–Kier alpha value is -1.88. The van der Waals surface area contributed by atoms with Gasteiger partial charge in [-0.3, -0.25) is 0 Å². The van der Waals surface area contributed by atoms with Crippen LogP contribution in [0.5, 0.6) is 0 Å². The number of nitrogens with one attached hydrogen (secondary N) is 1. The van der Waals surface area contributed by atoms with Crippen LogP contribution in [0.15, 0.2) is 22.6 Å². The molecular formula is C12H16N4O. The van der Waals surface area contributed by atoms with Gasteiger partial charge in [0.1, 0.15) is 11.6 Å². The molecule has 0 spiro atoms. The van der Waals surface area contributed by atoms with Gasteiger partial charge in [-0.15, -0.1) is 0 Å². The fourth-order valence-corrected chi connectivity index (χ4v) is 1.62. The molecule has 0 aliphatic carbocycles. The van der Waals surface area contributed by atoms with Crippen molar-refractivity contribution in [3.05, 3.63) is 29.7 Å². The van der Waals surface area contributed by atoms with Crippen molar-refractivity contribution in [2.45, 2.75) is 26.7 Å². The molecule has 0 saturated carbocycles. The number of aromatic nitrogens is 2. The van der Waals surface area contributed by atoms with Crippen LogP contribution in [0.25, 0.3) is 11.6 Å². The van der Waals surface area contributed by atoms with Crippen molar-refractivity contribution in [3.8, 4) is 11.6 Å². The maximum Gasteiger partial charge on any atom is 0.197 e. The number of furan rings is 1. The molecule has 0 fully saturated rings. The lowest BCUT2D eigenvalue weighted by atomic mass is 10.2. The van der Waals surface area contributed by atoms with Crippen molar-refractivity contribution < 1.29 is 4.42 Å². The van der Waals surface area contributed by atoms with Gasteiger partial charge in [-0.25, -0.2) is 15.8 Å². The standard InChI is InChI=1S/C12H16N4O/c1-3-4-9-7-11(16-13)15-12(14-9)10-6-5-8(2)17-10/h5-7H,3-4,13H2,1-2H3,(H,14,15,16). The van der Waals surface area contributed by atoms with Gasteiger partial charge in [0.25, 0.3) is 0 Å². The average Bonchev–Trinajstić information content (AvgIpc) is 2.76. The molecule has 0 bridgehead atoms. The van der Waals surface area contributed by atoms with Crippen LogP contribution in [-0.2, 0) is 6.42 Å². The minimum Gasteiger partial charge on any atom is -0.458 e. The molecule has 90 valence electrons. The van der Waals surface area contributed by atoms with Gasteiger partial charge in [0, 0.05) is 11.8 Å². The highest BCUT2D eigenvalue weighted by Gasteiger charge is 2.09. The molecule has 2 rings (SSSR count). The summed E-state index contributed by atoms with van der Waals surface area (Å²) in [5.41, 5.74) is 3.51. The molecule has 5 nitrogen and oxygen atoms in total. The Morgan fingerprint density at radius 3 is 2.76 bits per heavy atom. The number of hydrazine groups is 1. The summed E-state index contributed by atoms with van der Waals surface area (Å²) >= 11 is 0. The molecule has 0 unspecified atom stereocenters. The first-order chi connectivity index (χ1) is 8.22. The van der Waals surface area contributed by atoms with E-state index < -0.39 is 0 Å². The zero-order chi connectivity index (χ0) is 12.3. The highest BCUT2D eigenvalue weighted by molar-refractivity contribution is 5.51. The Bertz CT molecular complexity index is 507. The van der Waals surface area contributed by atoms with Crippen molar-refractivity contribution in [1.82, 2.24) is 9.97 Å². The Balaban J connectivity index is 2.42. The van der Waals surface area contributed by atoms with E-state index >= 15 is 0 Å². The van der Waals surface area contributed by atoms with Crippen LogP contribution in [0.2, 0.25) is 0 Å². The minimum absolute atomic E-state index is 0.567. The Morgan fingerprint density at radius 1 is 1.35 bits per heavy atom. The van der Waals surface area contributed by atoms with Crippen LogP contribution < -0.4 is 11.3 Å². The zero-order valence-corrected chi connectivity index (χ0v) is 10.0. The lowest BCUT2D eigenvalue weighted by molar-refractivity contribution is 0.543. The largest absolute Gasteiger partial charge is 0.458 e. The van der Waals surface area contributed by atoms with Gasteiger partial charge in [0.2, 0.25) is 0 Å². The van der Waals surface area contributed by atoms with E-state index in [2.05, 4.69) is 22.3 Å². The molecule has 5 heteroatoms. The normalized spacial score (nSPS) is 10.5.